The summed E-state index contributed by atoms with van der Waals surface area (Å²) in [5.41, 5.74) is 0.0362. The van der Waals surface area contributed by atoms with Gasteiger partial charge in [0.05, 0.1) is 5.56 Å². The van der Waals surface area contributed by atoms with Gasteiger partial charge in [-0.15, -0.1) is 0 Å². The summed E-state index contributed by atoms with van der Waals surface area (Å²) in [6, 6.07) is 3.26. The number of carbonyl (C=O) groups is 1. The van der Waals surface area contributed by atoms with E-state index >= 15 is 0 Å². The Morgan fingerprint density at radius 2 is 2.14 bits per heavy atom. The molecule has 0 amide bonds. The van der Waals surface area contributed by atoms with Crippen molar-refractivity contribution in [3.05, 3.63) is 28.5 Å². The number of hydrogen-bond acceptors (Lipinski definition) is 3. The van der Waals surface area contributed by atoms with E-state index in [1.807, 2.05) is 20.8 Å². The summed E-state index contributed by atoms with van der Waals surface area (Å²) < 4.78 is 5.82. The van der Waals surface area contributed by atoms with Crippen LogP contribution in [-0.2, 0) is 4.74 Å². The average molecular weight is 258 g/mol. The van der Waals surface area contributed by atoms with E-state index in [9.17, 15) is 4.79 Å². The predicted molar refractivity (Wildman–Crippen MR) is 57.1 cm³/mol. The third-order valence-electron chi connectivity index (χ3n) is 1.36. The molecular weight excluding hydrogens is 246 g/mol. The van der Waals surface area contributed by atoms with Crippen LogP contribution in [-0.4, -0.2) is 16.6 Å². The molecule has 0 aliphatic heterocycles. The number of ether oxygens (including phenoxy) is 1. The number of halogens is 1. The smallest absolute Gasteiger partial charge is 0.338 e. The number of pyridine rings is 1. The second kappa shape index (κ2) is 4.09. The zero-order valence-electron chi connectivity index (χ0n) is 8.37. The minimum Gasteiger partial charge on any atom is -0.456 e. The van der Waals surface area contributed by atoms with Crippen molar-refractivity contribution in [1.82, 2.24) is 4.98 Å². The van der Waals surface area contributed by atoms with Crippen LogP contribution in [0.4, 0.5) is 0 Å². The summed E-state index contributed by atoms with van der Waals surface area (Å²) in [5.74, 6) is -0.333. The van der Waals surface area contributed by atoms with Crippen molar-refractivity contribution in [2.45, 2.75) is 26.4 Å². The van der Waals surface area contributed by atoms with E-state index in [2.05, 4.69) is 20.9 Å². The van der Waals surface area contributed by atoms with Crippen LogP contribution in [0.1, 0.15) is 31.1 Å². The maximum Gasteiger partial charge on any atom is 0.338 e. The maximum absolute atomic E-state index is 11.5. The first kappa shape index (κ1) is 11.2. The van der Waals surface area contributed by atoms with Gasteiger partial charge in [0.2, 0.25) is 0 Å². The normalized spacial score (nSPS) is 11.1. The Labute approximate surface area is 91.6 Å². The van der Waals surface area contributed by atoms with E-state index in [0.717, 1.165) is 0 Å². The minimum absolute atomic E-state index is 0.333. The highest BCUT2D eigenvalue weighted by molar-refractivity contribution is 9.10. The van der Waals surface area contributed by atoms with Gasteiger partial charge in [-0.25, -0.2) is 9.78 Å². The van der Waals surface area contributed by atoms with Crippen molar-refractivity contribution in [2.75, 3.05) is 0 Å². The second-order valence-electron chi connectivity index (χ2n) is 3.87. The standard InChI is InChI=1S/C10H12BrNO2/c1-10(2,3)14-9(13)7-4-5-12-8(11)6-7/h4-6H,1-3H3. The molecule has 1 heterocycles. The van der Waals surface area contributed by atoms with E-state index < -0.39 is 5.60 Å². The Morgan fingerprint density at radius 1 is 1.50 bits per heavy atom. The molecule has 0 aliphatic rings. The lowest BCUT2D eigenvalue weighted by atomic mass is 10.2. The zero-order chi connectivity index (χ0) is 10.8. The van der Waals surface area contributed by atoms with Crippen molar-refractivity contribution in [2.24, 2.45) is 0 Å². The Hall–Kier alpha value is -0.900. The molecule has 0 spiro atoms. The SMILES string of the molecule is CC(C)(C)OC(=O)c1ccnc(Br)c1. The molecule has 1 aromatic heterocycles. The fraction of sp³-hybridized carbons (Fsp3) is 0.400. The second-order valence-corrected chi connectivity index (χ2v) is 4.68. The monoisotopic (exact) mass is 257 g/mol. The molecule has 1 aromatic rings. The van der Waals surface area contributed by atoms with Crippen molar-refractivity contribution in [3.63, 3.8) is 0 Å². The Morgan fingerprint density at radius 3 is 2.64 bits per heavy atom. The summed E-state index contributed by atoms with van der Waals surface area (Å²) in [6.45, 7) is 5.50. The summed E-state index contributed by atoms with van der Waals surface area (Å²) >= 11 is 3.19. The molecule has 0 aliphatic carbocycles. The Bertz CT molecular complexity index is 344. The summed E-state index contributed by atoms with van der Waals surface area (Å²) in [6.07, 6.45) is 1.56. The van der Waals surface area contributed by atoms with Gasteiger partial charge < -0.3 is 4.74 Å². The van der Waals surface area contributed by atoms with E-state index in [4.69, 9.17) is 4.74 Å². The van der Waals surface area contributed by atoms with Gasteiger partial charge in [-0.3, -0.25) is 0 Å². The molecule has 0 saturated heterocycles. The van der Waals surface area contributed by atoms with Gasteiger partial charge in [-0.05, 0) is 48.8 Å². The first-order valence-electron chi connectivity index (χ1n) is 4.23. The Kier molecular flexibility index (Phi) is 3.26. The lowest BCUT2D eigenvalue weighted by Gasteiger charge is -2.19. The molecule has 0 fully saturated rings. The van der Waals surface area contributed by atoms with Crippen LogP contribution in [0, 0.1) is 0 Å². The highest BCUT2D eigenvalue weighted by atomic mass is 79.9. The molecule has 3 nitrogen and oxygen atoms in total. The van der Waals surface area contributed by atoms with Gasteiger partial charge in [-0.1, -0.05) is 0 Å². The highest BCUT2D eigenvalue weighted by Gasteiger charge is 2.17. The van der Waals surface area contributed by atoms with Crippen LogP contribution in [0.15, 0.2) is 22.9 Å². The largest absolute Gasteiger partial charge is 0.456 e. The molecule has 4 heteroatoms. The average Bonchev–Trinajstić information content (AvgIpc) is 2.01. The molecule has 0 N–H and O–H groups in total. The van der Waals surface area contributed by atoms with Gasteiger partial charge in [-0.2, -0.15) is 0 Å². The van der Waals surface area contributed by atoms with Crippen LogP contribution in [0.2, 0.25) is 0 Å². The highest BCUT2D eigenvalue weighted by Crippen LogP contribution is 2.14. The summed E-state index contributed by atoms with van der Waals surface area (Å²) in [7, 11) is 0. The number of esters is 1. The first-order chi connectivity index (χ1) is 6.38. The van der Waals surface area contributed by atoms with Crippen molar-refractivity contribution in [3.8, 4) is 0 Å². The van der Waals surface area contributed by atoms with Crippen molar-refractivity contribution in [1.29, 1.82) is 0 Å². The fourth-order valence-corrected chi connectivity index (χ4v) is 1.23. The summed E-state index contributed by atoms with van der Waals surface area (Å²) in [5, 5.41) is 0. The van der Waals surface area contributed by atoms with E-state index in [0.29, 0.717) is 10.2 Å². The van der Waals surface area contributed by atoms with Gasteiger partial charge in [0.1, 0.15) is 10.2 Å². The topological polar surface area (TPSA) is 39.2 Å². The van der Waals surface area contributed by atoms with Gasteiger partial charge in [0.25, 0.3) is 0 Å². The molecule has 1 rings (SSSR count). The molecule has 0 bridgehead atoms. The van der Waals surface area contributed by atoms with Crippen LogP contribution in [0.3, 0.4) is 0 Å². The molecule has 0 saturated carbocycles. The third-order valence-corrected chi connectivity index (χ3v) is 1.79. The van der Waals surface area contributed by atoms with Gasteiger partial charge in [0, 0.05) is 6.20 Å². The van der Waals surface area contributed by atoms with E-state index in [1.54, 1.807) is 18.3 Å². The lowest BCUT2D eigenvalue weighted by Crippen LogP contribution is -2.23. The number of carbonyl (C=O) groups excluding carboxylic acids is 1. The summed E-state index contributed by atoms with van der Waals surface area (Å²) in [4.78, 5) is 15.5. The van der Waals surface area contributed by atoms with Crippen LogP contribution < -0.4 is 0 Å². The first-order valence-corrected chi connectivity index (χ1v) is 5.03. The van der Waals surface area contributed by atoms with Crippen LogP contribution in [0.5, 0.6) is 0 Å². The van der Waals surface area contributed by atoms with Crippen LogP contribution in [0.25, 0.3) is 0 Å². The van der Waals surface area contributed by atoms with Gasteiger partial charge >= 0.3 is 5.97 Å². The fourth-order valence-electron chi connectivity index (χ4n) is 0.866. The van der Waals surface area contributed by atoms with Gasteiger partial charge in [0.15, 0.2) is 0 Å². The molecule has 0 unspecified atom stereocenters. The number of nitrogens with zero attached hydrogens (tertiary/aromatic N) is 1. The van der Waals surface area contributed by atoms with E-state index in [-0.39, 0.29) is 5.97 Å². The number of rotatable bonds is 1. The molecule has 14 heavy (non-hydrogen) atoms. The molecule has 0 aromatic carbocycles. The molecule has 0 atom stereocenters. The molecular formula is C10H12BrNO2. The third kappa shape index (κ3) is 3.46. The maximum atomic E-state index is 11.5. The Balaban J connectivity index is 2.80. The molecule has 76 valence electrons. The van der Waals surface area contributed by atoms with Crippen molar-refractivity contribution >= 4 is 21.9 Å². The lowest BCUT2D eigenvalue weighted by molar-refractivity contribution is 0.00693. The van der Waals surface area contributed by atoms with E-state index in [1.165, 1.54) is 0 Å². The van der Waals surface area contributed by atoms with Crippen molar-refractivity contribution < 1.29 is 9.53 Å². The number of aromatic nitrogens is 1. The number of hydrogen-bond donors (Lipinski definition) is 0. The molecule has 0 radical (unpaired) electrons. The predicted octanol–water partition coefficient (Wildman–Crippen LogP) is 2.80. The zero-order valence-corrected chi connectivity index (χ0v) is 9.96. The van der Waals surface area contributed by atoms with Crippen LogP contribution >= 0.6 is 15.9 Å². The quantitative estimate of drug-likeness (QED) is 0.574. The minimum atomic E-state index is -0.465.